The molecule has 0 atom stereocenters. The lowest BCUT2D eigenvalue weighted by molar-refractivity contribution is -0.141. The molecular weight excluding hydrogens is 481 g/mol. The number of anilines is 1. The summed E-state index contributed by atoms with van der Waals surface area (Å²) in [6.45, 7) is 1.51. The molecule has 2 aromatic carbocycles. The molecule has 0 spiro atoms. The van der Waals surface area contributed by atoms with E-state index < -0.39 is 40.9 Å². The number of alkyl halides is 6. The standard InChI is InChI=1S/C24H17F7N2O2/c1-12-8-14(25)4-5-19(12)35-20-11-16(13-2-3-13)18(23(26,27)28)10-17(20)22(34)33-15-6-7-32-21(9-15)24(29,30)31/h4-11,13H,2-3H2,1H3,(H,32,33,34). The Morgan fingerprint density at radius 1 is 0.971 bits per heavy atom. The third kappa shape index (κ3) is 5.55. The van der Waals surface area contributed by atoms with Crippen molar-refractivity contribution in [3.8, 4) is 11.5 Å². The fourth-order valence-corrected chi connectivity index (χ4v) is 3.54. The smallest absolute Gasteiger partial charge is 0.433 e. The van der Waals surface area contributed by atoms with Crippen LogP contribution in [0.25, 0.3) is 0 Å². The van der Waals surface area contributed by atoms with Crippen molar-refractivity contribution < 1.29 is 40.3 Å². The first-order chi connectivity index (χ1) is 16.3. The molecule has 184 valence electrons. The molecule has 1 aliphatic rings. The topological polar surface area (TPSA) is 51.2 Å². The van der Waals surface area contributed by atoms with E-state index in [1.165, 1.54) is 13.0 Å². The molecule has 4 nitrogen and oxygen atoms in total. The number of hydrogen-bond acceptors (Lipinski definition) is 3. The summed E-state index contributed by atoms with van der Waals surface area (Å²) in [6, 6.07) is 6.88. The van der Waals surface area contributed by atoms with E-state index in [0.29, 0.717) is 30.5 Å². The average molecular weight is 498 g/mol. The molecule has 3 aromatic rings. The summed E-state index contributed by atoms with van der Waals surface area (Å²) in [4.78, 5) is 16.2. The number of rotatable bonds is 5. The monoisotopic (exact) mass is 498 g/mol. The van der Waals surface area contributed by atoms with Crippen molar-refractivity contribution in [1.29, 1.82) is 0 Å². The number of benzene rings is 2. The highest BCUT2D eigenvalue weighted by molar-refractivity contribution is 6.06. The average Bonchev–Trinajstić information content (AvgIpc) is 3.59. The fraction of sp³-hybridized carbons (Fsp3) is 0.250. The first kappa shape index (κ1) is 24.5. The summed E-state index contributed by atoms with van der Waals surface area (Å²) in [5, 5.41) is 2.18. The van der Waals surface area contributed by atoms with Gasteiger partial charge in [0.1, 0.15) is 23.0 Å². The van der Waals surface area contributed by atoms with Crippen LogP contribution in [0.2, 0.25) is 0 Å². The Bertz CT molecular complexity index is 1280. The number of carbonyl (C=O) groups excluding carboxylic acids is 1. The van der Waals surface area contributed by atoms with Gasteiger partial charge >= 0.3 is 12.4 Å². The second kappa shape index (κ2) is 8.86. The van der Waals surface area contributed by atoms with E-state index in [2.05, 4.69) is 10.3 Å². The van der Waals surface area contributed by atoms with Crippen molar-refractivity contribution >= 4 is 11.6 Å². The van der Waals surface area contributed by atoms with Gasteiger partial charge in [0, 0.05) is 11.9 Å². The maximum atomic E-state index is 13.8. The number of nitrogens with one attached hydrogen (secondary N) is 1. The Morgan fingerprint density at radius 3 is 2.29 bits per heavy atom. The zero-order chi connectivity index (χ0) is 25.5. The number of ether oxygens (including phenoxy) is 1. The molecule has 0 aliphatic heterocycles. The van der Waals surface area contributed by atoms with Crippen LogP contribution < -0.4 is 10.1 Å². The van der Waals surface area contributed by atoms with Crippen LogP contribution in [0.5, 0.6) is 11.5 Å². The van der Waals surface area contributed by atoms with Gasteiger partial charge in [0.15, 0.2) is 0 Å². The summed E-state index contributed by atoms with van der Waals surface area (Å²) in [5.41, 5.74) is -2.90. The van der Waals surface area contributed by atoms with Gasteiger partial charge in [-0.25, -0.2) is 4.39 Å². The van der Waals surface area contributed by atoms with E-state index >= 15 is 0 Å². The minimum absolute atomic E-state index is 0.0490. The molecule has 0 unspecified atom stereocenters. The lowest BCUT2D eigenvalue weighted by Gasteiger charge is -2.19. The maximum absolute atomic E-state index is 13.8. The first-order valence-electron chi connectivity index (χ1n) is 10.4. The molecule has 1 heterocycles. The van der Waals surface area contributed by atoms with Crippen LogP contribution in [0.3, 0.4) is 0 Å². The minimum atomic E-state index is -4.79. The highest BCUT2D eigenvalue weighted by atomic mass is 19.4. The predicted octanol–water partition coefficient (Wildman–Crippen LogP) is 7.49. The molecule has 1 fully saturated rings. The van der Waals surface area contributed by atoms with Gasteiger partial charge in [0.2, 0.25) is 0 Å². The van der Waals surface area contributed by atoms with Crippen LogP contribution in [0, 0.1) is 12.7 Å². The van der Waals surface area contributed by atoms with Crippen molar-refractivity contribution in [2.45, 2.75) is 38.0 Å². The molecule has 11 heteroatoms. The quantitative estimate of drug-likeness (QED) is 0.371. The molecule has 35 heavy (non-hydrogen) atoms. The third-order valence-electron chi connectivity index (χ3n) is 5.38. The van der Waals surface area contributed by atoms with Crippen LogP contribution in [0.1, 0.15) is 51.5 Å². The first-order valence-corrected chi connectivity index (χ1v) is 10.4. The van der Waals surface area contributed by atoms with E-state index in [9.17, 15) is 35.5 Å². The highest BCUT2D eigenvalue weighted by Crippen LogP contribution is 2.48. The molecule has 0 saturated heterocycles. The Morgan fingerprint density at radius 2 is 1.69 bits per heavy atom. The molecule has 0 radical (unpaired) electrons. The highest BCUT2D eigenvalue weighted by Gasteiger charge is 2.40. The molecule has 1 aliphatic carbocycles. The minimum Gasteiger partial charge on any atom is -0.456 e. The van der Waals surface area contributed by atoms with Crippen LogP contribution in [0.4, 0.5) is 36.4 Å². The second-order valence-electron chi connectivity index (χ2n) is 8.10. The SMILES string of the molecule is Cc1cc(F)ccc1Oc1cc(C2CC2)c(C(F)(F)F)cc1C(=O)Nc1ccnc(C(F)(F)F)c1. The largest absolute Gasteiger partial charge is 0.456 e. The Hall–Kier alpha value is -3.63. The summed E-state index contributed by atoms with van der Waals surface area (Å²) in [6.07, 6.45) is -7.70. The van der Waals surface area contributed by atoms with Gasteiger partial charge in [0.25, 0.3) is 5.91 Å². The number of hydrogen-bond donors (Lipinski definition) is 1. The number of halogens is 7. The number of aromatic nitrogens is 1. The number of nitrogens with zero attached hydrogens (tertiary/aromatic N) is 1. The number of aryl methyl sites for hydroxylation is 1. The van der Waals surface area contributed by atoms with E-state index in [0.717, 1.165) is 30.5 Å². The molecule has 1 saturated carbocycles. The summed E-state index contributed by atoms with van der Waals surface area (Å²) in [7, 11) is 0. The normalized spacial score (nSPS) is 14.1. The molecule has 0 bridgehead atoms. The Balaban J connectivity index is 1.78. The van der Waals surface area contributed by atoms with E-state index in [-0.39, 0.29) is 28.7 Å². The van der Waals surface area contributed by atoms with Crippen molar-refractivity contribution in [2.75, 3.05) is 5.32 Å². The van der Waals surface area contributed by atoms with Gasteiger partial charge in [-0.05, 0) is 79.3 Å². The van der Waals surface area contributed by atoms with E-state index in [1.807, 2.05) is 0 Å². The predicted molar refractivity (Wildman–Crippen MR) is 112 cm³/mol. The fourth-order valence-electron chi connectivity index (χ4n) is 3.54. The number of amides is 1. The zero-order valence-electron chi connectivity index (χ0n) is 18.0. The second-order valence-corrected chi connectivity index (χ2v) is 8.10. The summed E-state index contributed by atoms with van der Waals surface area (Å²) >= 11 is 0. The maximum Gasteiger partial charge on any atom is 0.433 e. The third-order valence-corrected chi connectivity index (χ3v) is 5.38. The van der Waals surface area contributed by atoms with Crippen LogP contribution in [-0.4, -0.2) is 10.9 Å². The van der Waals surface area contributed by atoms with Gasteiger partial charge in [-0.2, -0.15) is 26.3 Å². The van der Waals surface area contributed by atoms with E-state index in [4.69, 9.17) is 4.74 Å². The van der Waals surface area contributed by atoms with Gasteiger partial charge < -0.3 is 10.1 Å². The number of carbonyl (C=O) groups is 1. The lowest BCUT2D eigenvalue weighted by atomic mass is 9.98. The van der Waals surface area contributed by atoms with Crippen molar-refractivity contribution in [2.24, 2.45) is 0 Å². The van der Waals surface area contributed by atoms with Crippen LogP contribution in [0.15, 0.2) is 48.7 Å². The van der Waals surface area contributed by atoms with Gasteiger partial charge in [-0.15, -0.1) is 0 Å². The van der Waals surface area contributed by atoms with Crippen molar-refractivity contribution in [1.82, 2.24) is 4.98 Å². The molecule has 1 N–H and O–H groups in total. The zero-order valence-corrected chi connectivity index (χ0v) is 18.0. The van der Waals surface area contributed by atoms with Gasteiger partial charge in [-0.1, -0.05) is 0 Å². The summed E-state index contributed by atoms with van der Waals surface area (Å²) < 4.78 is 99.5. The van der Waals surface area contributed by atoms with Crippen LogP contribution in [-0.2, 0) is 12.4 Å². The number of pyridine rings is 1. The van der Waals surface area contributed by atoms with Crippen LogP contribution >= 0.6 is 0 Å². The molecule has 1 aromatic heterocycles. The molecule has 4 rings (SSSR count). The Labute approximate surface area is 194 Å². The summed E-state index contributed by atoms with van der Waals surface area (Å²) in [5.74, 6) is -2.18. The molecule has 1 amide bonds. The Kier molecular flexibility index (Phi) is 6.20. The molecular formula is C24H17F7N2O2. The van der Waals surface area contributed by atoms with Crippen molar-refractivity contribution in [3.63, 3.8) is 0 Å². The van der Waals surface area contributed by atoms with E-state index in [1.54, 1.807) is 0 Å². The van der Waals surface area contributed by atoms with Gasteiger partial charge in [0.05, 0.1) is 11.1 Å². The van der Waals surface area contributed by atoms with Gasteiger partial charge in [-0.3, -0.25) is 9.78 Å². The lowest BCUT2D eigenvalue weighted by Crippen LogP contribution is -2.17. The van der Waals surface area contributed by atoms with Crippen molar-refractivity contribution in [3.05, 3.63) is 82.4 Å².